The minimum atomic E-state index is -4.47. The van der Waals surface area contributed by atoms with Gasteiger partial charge in [-0.3, -0.25) is 9.59 Å². The molecule has 1 aromatic rings. The Labute approximate surface area is 135 Å². The second-order valence-electron chi connectivity index (χ2n) is 5.46. The van der Waals surface area contributed by atoms with Crippen LogP contribution in [0.5, 0.6) is 0 Å². The monoisotopic (exact) mass is 344 g/mol. The fourth-order valence-corrected chi connectivity index (χ4v) is 2.35. The second kappa shape index (κ2) is 6.90. The van der Waals surface area contributed by atoms with Gasteiger partial charge in [0.25, 0.3) is 0 Å². The molecule has 9 heteroatoms. The van der Waals surface area contributed by atoms with Crippen LogP contribution in [0, 0.1) is 0 Å². The van der Waals surface area contributed by atoms with Gasteiger partial charge in [-0.15, -0.1) is 0 Å². The molecule has 3 N–H and O–H groups in total. The van der Waals surface area contributed by atoms with Crippen LogP contribution in [0.3, 0.4) is 0 Å². The molecule has 0 aromatic heterocycles. The minimum Gasteiger partial charge on any atom is -0.480 e. The molecule has 0 spiro atoms. The molecule has 130 valence electrons. The van der Waals surface area contributed by atoms with Crippen LogP contribution in [0.1, 0.15) is 24.0 Å². The number of carboxylic acid groups (broad SMARTS) is 1. The van der Waals surface area contributed by atoms with E-state index in [1.165, 1.54) is 12.1 Å². The summed E-state index contributed by atoms with van der Waals surface area (Å²) in [6, 6.07) is 1.96. The Morgan fingerprint density at radius 3 is 2.38 bits per heavy atom. The van der Waals surface area contributed by atoms with Gasteiger partial charge in [-0.05, 0) is 24.1 Å². The lowest BCUT2D eigenvalue weighted by molar-refractivity contribution is -0.142. The van der Waals surface area contributed by atoms with Crippen molar-refractivity contribution < 1.29 is 32.7 Å². The maximum absolute atomic E-state index is 12.5. The van der Waals surface area contributed by atoms with E-state index in [-0.39, 0.29) is 25.2 Å². The van der Waals surface area contributed by atoms with Gasteiger partial charge in [0.15, 0.2) is 0 Å². The van der Waals surface area contributed by atoms with Gasteiger partial charge >= 0.3 is 12.1 Å². The smallest absolute Gasteiger partial charge is 0.416 e. The molecule has 24 heavy (non-hydrogen) atoms. The lowest BCUT2D eigenvalue weighted by Crippen LogP contribution is -2.49. The summed E-state index contributed by atoms with van der Waals surface area (Å²) in [7, 11) is 0. The SMILES string of the molecule is O=C1CC[C@H](C(=O)N[C@H](Cc2ccc(C(F)(F)F)cc2)C(=O)O)N1. The zero-order valence-corrected chi connectivity index (χ0v) is 12.4. The molecule has 0 saturated carbocycles. The molecular weight excluding hydrogens is 329 g/mol. The van der Waals surface area contributed by atoms with E-state index >= 15 is 0 Å². The minimum absolute atomic E-state index is 0.167. The molecule has 6 nitrogen and oxygen atoms in total. The van der Waals surface area contributed by atoms with Crippen molar-refractivity contribution in [3.63, 3.8) is 0 Å². The lowest BCUT2D eigenvalue weighted by atomic mass is 10.0. The maximum Gasteiger partial charge on any atom is 0.416 e. The normalized spacial score (nSPS) is 18.8. The van der Waals surface area contributed by atoms with Crippen LogP contribution in [0.25, 0.3) is 0 Å². The fourth-order valence-electron chi connectivity index (χ4n) is 2.35. The van der Waals surface area contributed by atoms with Gasteiger partial charge < -0.3 is 15.7 Å². The van der Waals surface area contributed by atoms with E-state index in [0.717, 1.165) is 12.1 Å². The van der Waals surface area contributed by atoms with E-state index in [9.17, 15) is 32.7 Å². The summed E-state index contributed by atoms with van der Waals surface area (Å²) in [5.41, 5.74) is -0.498. The van der Waals surface area contributed by atoms with Crippen molar-refractivity contribution in [1.82, 2.24) is 10.6 Å². The number of hydrogen-bond donors (Lipinski definition) is 3. The number of carbonyl (C=O) groups excluding carboxylic acids is 2. The van der Waals surface area contributed by atoms with Crippen molar-refractivity contribution in [1.29, 1.82) is 0 Å². The summed E-state index contributed by atoms with van der Waals surface area (Å²) in [6.45, 7) is 0. The second-order valence-corrected chi connectivity index (χ2v) is 5.46. The van der Waals surface area contributed by atoms with Gasteiger partial charge in [0, 0.05) is 12.8 Å². The molecule has 1 aliphatic rings. The number of nitrogens with one attached hydrogen (secondary N) is 2. The molecule has 1 aliphatic heterocycles. The van der Waals surface area contributed by atoms with Crippen molar-refractivity contribution in [3.05, 3.63) is 35.4 Å². The third-order valence-corrected chi connectivity index (χ3v) is 3.65. The van der Waals surface area contributed by atoms with Crippen LogP contribution in [-0.2, 0) is 27.0 Å². The molecule has 1 fully saturated rings. The number of amides is 2. The molecule has 0 bridgehead atoms. The van der Waals surface area contributed by atoms with Crippen LogP contribution < -0.4 is 10.6 Å². The summed E-state index contributed by atoms with van der Waals surface area (Å²) in [5, 5.41) is 13.9. The first-order valence-electron chi connectivity index (χ1n) is 7.15. The lowest BCUT2D eigenvalue weighted by Gasteiger charge is -2.18. The Hall–Kier alpha value is -2.58. The number of halogens is 3. The van der Waals surface area contributed by atoms with Gasteiger partial charge in [0.2, 0.25) is 11.8 Å². The maximum atomic E-state index is 12.5. The van der Waals surface area contributed by atoms with Gasteiger partial charge in [-0.25, -0.2) is 4.79 Å². The molecule has 2 atom stereocenters. The van der Waals surface area contributed by atoms with Crippen molar-refractivity contribution >= 4 is 17.8 Å². The molecule has 2 amide bonds. The number of rotatable bonds is 5. The highest BCUT2D eigenvalue weighted by molar-refractivity contribution is 5.92. The molecular formula is C15H15F3N2O4. The number of carbonyl (C=O) groups is 3. The molecule has 1 aromatic carbocycles. The van der Waals surface area contributed by atoms with Gasteiger partial charge in [0.05, 0.1) is 5.56 Å². The Kier molecular flexibility index (Phi) is 5.10. The third-order valence-electron chi connectivity index (χ3n) is 3.65. The summed E-state index contributed by atoms with van der Waals surface area (Å²) in [4.78, 5) is 34.3. The zero-order chi connectivity index (χ0) is 17.9. The first kappa shape index (κ1) is 17.8. The largest absolute Gasteiger partial charge is 0.480 e. The standard InChI is InChI=1S/C15H15F3N2O4/c16-15(17,18)9-3-1-8(2-4-9)7-11(14(23)24)20-13(22)10-5-6-12(21)19-10/h1-4,10-11H,5-7H2,(H,19,21)(H,20,22)(H,23,24)/t10-,11-/m1/s1. The highest BCUT2D eigenvalue weighted by Gasteiger charge is 2.32. The molecule has 1 saturated heterocycles. The zero-order valence-electron chi connectivity index (χ0n) is 12.4. The number of alkyl halides is 3. The first-order chi connectivity index (χ1) is 11.2. The van der Waals surface area contributed by atoms with Gasteiger partial charge in [0.1, 0.15) is 12.1 Å². The van der Waals surface area contributed by atoms with Crippen molar-refractivity contribution in [2.75, 3.05) is 0 Å². The average molecular weight is 344 g/mol. The number of carboxylic acids is 1. The van der Waals surface area contributed by atoms with E-state index in [1.54, 1.807) is 0 Å². The van der Waals surface area contributed by atoms with E-state index in [2.05, 4.69) is 10.6 Å². The molecule has 0 unspecified atom stereocenters. The Bertz CT molecular complexity index is 643. The summed E-state index contributed by atoms with van der Waals surface area (Å²) in [5.74, 6) is -2.22. The average Bonchev–Trinajstić information content (AvgIpc) is 2.92. The van der Waals surface area contributed by atoms with E-state index in [0.29, 0.717) is 5.56 Å². The van der Waals surface area contributed by atoms with Crippen LogP contribution >= 0.6 is 0 Å². The van der Waals surface area contributed by atoms with Crippen LogP contribution in [0.4, 0.5) is 13.2 Å². The fraction of sp³-hybridized carbons (Fsp3) is 0.400. The first-order valence-corrected chi connectivity index (χ1v) is 7.15. The Morgan fingerprint density at radius 2 is 1.92 bits per heavy atom. The van der Waals surface area contributed by atoms with Crippen LogP contribution in [0.15, 0.2) is 24.3 Å². The summed E-state index contributed by atoms with van der Waals surface area (Å²) in [6.07, 6.45) is -4.18. The highest BCUT2D eigenvalue weighted by atomic mass is 19.4. The predicted molar refractivity (Wildman–Crippen MR) is 75.9 cm³/mol. The van der Waals surface area contributed by atoms with E-state index in [1.807, 2.05) is 0 Å². The van der Waals surface area contributed by atoms with Crippen molar-refractivity contribution in [3.8, 4) is 0 Å². The Morgan fingerprint density at radius 1 is 1.29 bits per heavy atom. The van der Waals surface area contributed by atoms with Crippen molar-refractivity contribution in [2.24, 2.45) is 0 Å². The quantitative estimate of drug-likeness (QED) is 0.745. The predicted octanol–water partition coefficient (Wildman–Crippen LogP) is 1.10. The summed E-state index contributed by atoms with van der Waals surface area (Å²) >= 11 is 0. The van der Waals surface area contributed by atoms with Crippen molar-refractivity contribution in [2.45, 2.75) is 37.5 Å². The number of benzene rings is 1. The highest BCUT2D eigenvalue weighted by Crippen LogP contribution is 2.29. The molecule has 1 heterocycles. The van der Waals surface area contributed by atoms with Gasteiger partial charge in [-0.2, -0.15) is 13.2 Å². The van der Waals surface area contributed by atoms with Crippen LogP contribution in [0.2, 0.25) is 0 Å². The van der Waals surface area contributed by atoms with Gasteiger partial charge in [-0.1, -0.05) is 12.1 Å². The van der Waals surface area contributed by atoms with E-state index in [4.69, 9.17) is 0 Å². The van der Waals surface area contributed by atoms with Crippen LogP contribution in [-0.4, -0.2) is 35.0 Å². The Balaban J connectivity index is 2.02. The summed E-state index contributed by atoms with van der Waals surface area (Å²) < 4.78 is 37.5. The third kappa shape index (κ3) is 4.46. The molecule has 2 rings (SSSR count). The topological polar surface area (TPSA) is 95.5 Å². The molecule has 0 aliphatic carbocycles. The molecule has 0 radical (unpaired) electrons. The van der Waals surface area contributed by atoms with E-state index < -0.39 is 35.7 Å². The number of aliphatic carboxylic acids is 1. The number of hydrogen-bond acceptors (Lipinski definition) is 3.